The average Bonchev–Trinajstić information content (AvgIpc) is 2.52. The highest BCUT2D eigenvalue weighted by Crippen LogP contribution is 2.24. The summed E-state index contributed by atoms with van der Waals surface area (Å²) in [5.74, 6) is 0.719. The highest BCUT2D eigenvalue weighted by molar-refractivity contribution is 4.82. The summed E-state index contributed by atoms with van der Waals surface area (Å²) in [6.45, 7) is 6.62. The van der Waals surface area contributed by atoms with Crippen molar-refractivity contribution in [2.45, 2.75) is 25.3 Å². The number of hydrogen-bond acceptors (Lipinski definition) is 3. The van der Waals surface area contributed by atoms with Crippen molar-refractivity contribution in [3.63, 3.8) is 0 Å². The van der Waals surface area contributed by atoms with Crippen molar-refractivity contribution in [1.82, 2.24) is 4.90 Å². The monoisotopic (exact) mass is 198 g/mol. The van der Waals surface area contributed by atoms with Crippen LogP contribution in [0.1, 0.15) is 19.3 Å². The van der Waals surface area contributed by atoms with E-state index in [4.69, 9.17) is 10.8 Å². The highest BCUT2D eigenvalue weighted by atomic mass is 16.3. The molecule has 0 bridgehead atoms. The van der Waals surface area contributed by atoms with Gasteiger partial charge in [0.05, 0.1) is 6.61 Å². The second-order valence-corrected chi connectivity index (χ2v) is 4.21. The molecule has 14 heavy (non-hydrogen) atoms. The SMILES string of the molecule is C=CCN(CCO)CC1CCC(N)C1. The number of aliphatic hydroxyl groups excluding tert-OH is 1. The second kappa shape index (κ2) is 6.17. The van der Waals surface area contributed by atoms with Gasteiger partial charge in [0.15, 0.2) is 0 Å². The van der Waals surface area contributed by atoms with Gasteiger partial charge in [-0.3, -0.25) is 4.90 Å². The first-order valence-electron chi connectivity index (χ1n) is 5.46. The minimum absolute atomic E-state index is 0.229. The fourth-order valence-corrected chi connectivity index (χ4v) is 2.23. The maximum atomic E-state index is 8.89. The Balaban J connectivity index is 2.27. The molecule has 0 amide bonds. The van der Waals surface area contributed by atoms with Crippen LogP contribution in [0.15, 0.2) is 12.7 Å². The Morgan fingerprint density at radius 1 is 1.50 bits per heavy atom. The summed E-state index contributed by atoms with van der Waals surface area (Å²) in [5.41, 5.74) is 5.86. The van der Waals surface area contributed by atoms with Crippen LogP contribution in [0.3, 0.4) is 0 Å². The zero-order chi connectivity index (χ0) is 10.4. The molecule has 0 aliphatic heterocycles. The lowest BCUT2D eigenvalue weighted by Gasteiger charge is -2.23. The molecule has 2 unspecified atom stereocenters. The van der Waals surface area contributed by atoms with E-state index in [-0.39, 0.29) is 6.61 Å². The molecule has 0 spiro atoms. The van der Waals surface area contributed by atoms with E-state index >= 15 is 0 Å². The number of aliphatic hydroxyl groups is 1. The molecule has 1 saturated carbocycles. The summed E-state index contributed by atoms with van der Waals surface area (Å²) in [5, 5.41) is 8.89. The zero-order valence-electron chi connectivity index (χ0n) is 8.86. The normalized spacial score (nSPS) is 27.1. The van der Waals surface area contributed by atoms with Gasteiger partial charge < -0.3 is 10.8 Å². The highest BCUT2D eigenvalue weighted by Gasteiger charge is 2.23. The molecular formula is C11H22N2O. The molecular weight excluding hydrogens is 176 g/mol. The average molecular weight is 198 g/mol. The van der Waals surface area contributed by atoms with E-state index in [1.54, 1.807) is 0 Å². The summed E-state index contributed by atoms with van der Waals surface area (Å²) in [6.07, 6.45) is 5.43. The molecule has 1 fully saturated rings. The molecule has 3 heteroatoms. The van der Waals surface area contributed by atoms with Gasteiger partial charge in [0.2, 0.25) is 0 Å². The van der Waals surface area contributed by atoms with Crippen molar-refractivity contribution >= 4 is 0 Å². The summed E-state index contributed by atoms with van der Waals surface area (Å²) in [7, 11) is 0. The standard InChI is InChI=1S/C11H22N2O/c1-2-5-13(6-7-14)9-10-3-4-11(12)8-10/h2,10-11,14H,1,3-9,12H2. The third kappa shape index (κ3) is 3.78. The summed E-state index contributed by atoms with van der Waals surface area (Å²) in [6, 6.07) is 0.403. The lowest BCUT2D eigenvalue weighted by atomic mass is 10.1. The third-order valence-corrected chi connectivity index (χ3v) is 2.90. The molecule has 1 aliphatic carbocycles. The van der Waals surface area contributed by atoms with E-state index in [0.29, 0.717) is 6.04 Å². The van der Waals surface area contributed by atoms with Crippen molar-refractivity contribution in [3.05, 3.63) is 12.7 Å². The molecule has 0 radical (unpaired) electrons. The van der Waals surface area contributed by atoms with Crippen LogP contribution in [0.5, 0.6) is 0 Å². The maximum Gasteiger partial charge on any atom is 0.0558 e. The molecule has 0 heterocycles. The van der Waals surface area contributed by atoms with Gasteiger partial charge in [-0.15, -0.1) is 6.58 Å². The number of nitrogens with two attached hydrogens (primary N) is 1. The van der Waals surface area contributed by atoms with Crippen LogP contribution in [0, 0.1) is 5.92 Å². The first-order chi connectivity index (χ1) is 6.76. The molecule has 3 nitrogen and oxygen atoms in total. The Morgan fingerprint density at radius 2 is 2.29 bits per heavy atom. The topological polar surface area (TPSA) is 49.5 Å². The van der Waals surface area contributed by atoms with Crippen LogP contribution >= 0.6 is 0 Å². The minimum atomic E-state index is 0.229. The Labute approximate surface area is 86.6 Å². The van der Waals surface area contributed by atoms with Crippen LogP contribution in [-0.4, -0.2) is 42.3 Å². The van der Waals surface area contributed by atoms with Crippen LogP contribution in [0.4, 0.5) is 0 Å². The van der Waals surface area contributed by atoms with E-state index in [9.17, 15) is 0 Å². The molecule has 0 aromatic carbocycles. The van der Waals surface area contributed by atoms with Gasteiger partial charge in [-0.25, -0.2) is 0 Å². The lowest BCUT2D eigenvalue weighted by molar-refractivity contribution is 0.188. The molecule has 2 atom stereocenters. The Kier molecular flexibility index (Phi) is 5.15. The molecule has 3 N–H and O–H groups in total. The minimum Gasteiger partial charge on any atom is -0.395 e. The fraction of sp³-hybridized carbons (Fsp3) is 0.818. The zero-order valence-corrected chi connectivity index (χ0v) is 8.86. The molecule has 1 rings (SSSR count). The summed E-state index contributed by atoms with van der Waals surface area (Å²) >= 11 is 0. The maximum absolute atomic E-state index is 8.89. The van der Waals surface area contributed by atoms with Crippen LogP contribution in [-0.2, 0) is 0 Å². The third-order valence-electron chi connectivity index (χ3n) is 2.90. The second-order valence-electron chi connectivity index (χ2n) is 4.21. The van der Waals surface area contributed by atoms with Gasteiger partial charge in [-0.2, -0.15) is 0 Å². The number of nitrogens with zero attached hydrogens (tertiary/aromatic N) is 1. The van der Waals surface area contributed by atoms with Crippen LogP contribution in [0.2, 0.25) is 0 Å². The van der Waals surface area contributed by atoms with E-state index in [1.807, 2.05) is 6.08 Å². The van der Waals surface area contributed by atoms with Crippen LogP contribution in [0.25, 0.3) is 0 Å². The van der Waals surface area contributed by atoms with Gasteiger partial charge in [-0.05, 0) is 25.2 Å². The molecule has 0 aromatic heterocycles. The van der Waals surface area contributed by atoms with Crippen LogP contribution < -0.4 is 5.73 Å². The lowest BCUT2D eigenvalue weighted by Crippen LogP contribution is -2.32. The van der Waals surface area contributed by atoms with E-state index in [1.165, 1.54) is 6.42 Å². The van der Waals surface area contributed by atoms with Gasteiger partial charge in [0.1, 0.15) is 0 Å². The number of hydrogen-bond donors (Lipinski definition) is 2. The molecule has 0 saturated heterocycles. The fourth-order valence-electron chi connectivity index (χ4n) is 2.23. The quantitative estimate of drug-likeness (QED) is 0.614. The number of rotatable bonds is 6. The molecule has 82 valence electrons. The Hall–Kier alpha value is -0.380. The summed E-state index contributed by atoms with van der Waals surface area (Å²) in [4.78, 5) is 2.25. The van der Waals surface area contributed by atoms with Crippen molar-refractivity contribution in [1.29, 1.82) is 0 Å². The molecule has 0 aromatic rings. The largest absolute Gasteiger partial charge is 0.395 e. The van der Waals surface area contributed by atoms with Gasteiger partial charge in [-0.1, -0.05) is 6.08 Å². The predicted octanol–water partition coefficient (Wildman–Crippen LogP) is 0.594. The molecule has 1 aliphatic rings. The van der Waals surface area contributed by atoms with Gasteiger partial charge in [0, 0.05) is 25.7 Å². The van der Waals surface area contributed by atoms with Gasteiger partial charge >= 0.3 is 0 Å². The van der Waals surface area contributed by atoms with E-state index < -0.39 is 0 Å². The van der Waals surface area contributed by atoms with Crippen molar-refractivity contribution in [2.24, 2.45) is 11.7 Å². The predicted molar refractivity (Wildman–Crippen MR) is 59.0 cm³/mol. The van der Waals surface area contributed by atoms with E-state index in [2.05, 4.69) is 11.5 Å². The first kappa shape index (κ1) is 11.7. The Bertz CT molecular complexity index is 173. The Morgan fingerprint density at radius 3 is 2.79 bits per heavy atom. The summed E-state index contributed by atoms with van der Waals surface area (Å²) < 4.78 is 0. The van der Waals surface area contributed by atoms with Crippen molar-refractivity contribution < 1.29 is 5.11 Å². The first-order valence-corrected chi connectivity index (χ1v) is 5.46. The van der Waals surface area contributed by atoms with Gasteiger partial charge in [0.25, 0.3) is 0 Å². The van der Waals surface area contributed by atoms with Crippen molar-refractivity contribution in [3.8, 4) is 0 Å². The van der Waals surface area contributed by atoms with E-state index in [0.717, 1.165) is 38.4 Å². The van der Waals surface area contributed by atoms with Crippen molar-refractivity contribution in [2.75, 3.05) is 26.2 Å². The smallest absolute Gasteiger partial charge is 0.0558 e.